The Hall–Kier alpha value is -1.92. The van der Waals surface area contributed by atoms with Crippen molar-refractivity contribution in [1.29, 1.82) is 0 Å². The van der Waals surface area contributed by atoms with Crippen LogP contribution in [0.2, 0.25) is 0 Å². The summed E-state index contributed by atoms with van der Waals surface area (Å²) in [6.45, 7) is 5.19. The second kappa shape index (κ2) is 7.75. The summed E-state index contributed by atoms with van der Waals surface area (Å²) in [5.74, 6) is 0. The highest BCUT2D eigenvalue weighted by atomic mass is 32.1. The molecular formula is C15H20N4OS. The highest BCUT2D eigenvalue weighted by Gasteiger charge is 2.02. The fourth-order valence-electron chi connectivity index (χ4n) is 1.80. The zero-order valence-electron chi connectivity index (χ0n) is 12.3. The van der Waals surface area contributed by atoms with E-state index >= 15 is 0 Å². The summed E-state index contributed by atoms with van der Waals surface area (Å²) in [5.41, 5.74) is 3.10. The monoisotopic (exact) mass is 304 g/mol. The van der Waals surface area contributed by atoms with Gasteiger partial charge in [0.05, 0.1) is 18.1 Å². The van der Waals surface area contributed by atoms with Crippen LogP contribution in [0.5, 0.6) is 0 Å². The fourth-order valence-corrected chi connectivity index (χ4v) is 2.04. The SMILES string of the molecule is CCOCn1cc(NC(=S)Nc2ccc(CC)cc2)cn1. The van der Waals surface area contributed by atoms with Crippen LogP contribution in [0.25, 0.3) is 0 Å². The highest BCUT2D eigenvalue weighted by molar-refractivity contribution is 7.80. The molecule has 0 bridgehead atoms. The number of rotatable bonds is 6. The lowest BCUT2D eigenvalue weighted by Crippen LogP contribution is -2.18. The van der Waals surface area contributed by atoms with Crippen LogP contribution in [0.1, 0.15) is 19.4 Å². The maximum atomic E-state index is 5.29. The molecule has 1 aromatic carbocycles. The molecule has 5 nitrogen and oxygen atoms in total. The lowest BCUT2D eigenvalue weighted by molar-refractivity contribution is 0.0792. The number of hydrogen-bond acceptors (Lipinski definition) is 3. The van der Waals surface area contributed by atoms with Crippen molar-refractivity contribution in [3.63, 3.8) is 0 Å². The molecule has 0 aliphatic carbocycles. The van der Waals surface area contributed by atoms with Gasteiger partial charge in [-0.1, -0.05) is 19.1 Å². The minimum Gasteiger partial charge on any atom is -0.360 e. The number of benzene rings is 1. The van der Waals surface area contributed by atoms with Crippen LogP contribution in [0.3, 0.4) is 0 Å². The van der Waals surface area contributed by atoms with E-state index in [1.54, 1.807) is 10.9 Å². The number of thiocarbonyl (C=S) groups is 1. The first-order chi connectivity index (χ1) is 10.2. The van der Waals surface area contributed by atoms with Crippen LogP contribution in [0.15, 0.2) is 36.7 Å². The Balaban J connectivity index is 1.87. The van der Waals surface area contributed by atoms with E-state index in [1.165, 1.54) is 5.56 Å². The molecule has 6 heteroatoms. The molecule has 0 fully saturated rings. The smallest absolute Gasteiger partial charge is 0.175 e. The van der Waals surface area contributed by atoms with E-state index in [4.69, 9.17) is 17.0 Å². The summed E-state index contributed by atoms with van der Waals surface area (Å²) in [4.78, 5) is 0. The Morgan fingerprint density at radius 2 is 1.90 bits per heavy atom. The summed E-state index contributed by atoms with van der Waals surface area (Å²) in [7, 11) is 0. The van der Waals surface area contributed by atoms with Gasteiger partial charge in [0, 0.05) is 12.3 Å². The van der Waals surface area contributed by atoms with Crippen LogP contribution in [0.4, 0.5) is 11.4 Å². The van der Waals surface area contributed by atoms with Gasteiger partial charge in [-0.25, -0.2) is 4.68 Å². The molecule has 1 aromatic heterocycles. The molecule has 0 aliphatic heterocycles. The van der Waals surface area contributed by atoms with Crippen LogP contribution in [0, 0.1) is 0 Å². The lowest BCUT2D eigenvalue weighted by atomic mass is 10.1. The topological polar surface area (TPSA) is 51.1 Å². The van der Waals surface area contributed by atoms with Crippen molar-refractivity contribution in [3.8, 4) is 0 Å². The minimum atomic E-state index is 0.441. The summed E-state index contributed by atoms with van der Waals surface area (Å²) >= 11 is 5.29. The van der Waals surface area contributed by atoms with Crippen molar-refractivity contribution in [2.45, 2.75) is 27.0 Å². The number of aryl methyl sites for hydroxylation is 1. The maximum Gasteiger partial charge on any atom is 0.175 e. The number of anilines is 2. The zero-order valence-corrected chi connectivity index (χ0v) is 13.1. The van der Waals surface area contributed by atoms with E-state index < -0.39 is 0 Å². The molecule has 2 aromatic rings. The van der Waals surface area contributed by atoms with Gasteiger partial charge in [0.15, 0.2) is 5.11 Å². The van der Waals surface area contributed by atoms with Crippen molar-refractivity contribution in [3.05, 3.63) is 42.2 Å². The van der Waals surface area contributed by atoms with Crippen molar-refractivity contribution in [2.75, 3.05) is 17.2 Å². The van der Waals surface area contributed by atoms with E-state index in [1.807, 2.05) is 25.3 Å². The summed E-state index contributed by atoms with van der Waals surface area (Å²) in [6, 6.07) is 8.22. The number of aromatic nitrogens is 2. The Kier molecular flexibility index (Phi) is 5.71. The Morgan fingerprint density at radius 1 is 1.19 bits per heavy atom. The van der Waals surface area contributed by atoms with Gasteiger partial charge >= 0.3 is 0 Å². The molecule has 1 heterocycles. The molecule has 112 valence electrons. The van der Waals surface area contributed by atoms with Crippen molar-refractivity contribution < 1.29 is 4.74 Å². The van der Waals surface area contributed by atoms with Crippen LogP contribution in [-0.4, -0.2) is 21.5 Å². The molecule has 0 saturated carbocycles. The minimum absolute atomic E-state index is 0.441. The van der Waals surface area contributed by atoms with Crippen LogP contribution in [-0.2, 0) is 17.9 Å². The zero-order chi connectivity index (χ0) is 15.1. The molecule has 0 spiro atoms. The molecule has 0 atom stereocenters. The highest BCUT2D eigenvalue weighted by Crippen LogP contribution is 2.11. The molecule has 0 unspecified atom stereocenters. The molecule has 0 saturated heterocycles. The molecule has 21 heavy (non-hydrogen) atoms. The summed E-state index contributed by atoms with van der Waals surface area (Å²) in [6.07, 6.45) is 4.60. The first kappa shape index (κ1) is 15.5. The lowest BCUT2D eigenvalue weighted by Gasteiger charge is -2.09. The molecule has 0 aliphatic rings. The van der Waals surface area contributed by atoms with E-state index in [9.17, 15) is 0 Å². The average molecular weight is 304 g/mol. The second-order valence-electron chi connectivity index (χ2n) is 4.52. The largest absolute Gasteiger partial charge is 0.360 e. The van der Waals surface area contributed by atoms with Gasteiger partial charge in [-0.3, -0.25) is 0 Å². The van der Waals surface area contributed by atoms with Crippen LogP contribution < -0.4 is 10.6 Å². The van der Waals surface area contributed by atoms with E-state index in [0.717, 1.165) is 17.8 Å². The number of hydrogen-bond donors (Lipinski definition) is 2. The van der Waals surface area contributed by atoms with Gasteiger partial charge in [0.1, 0.15) is 6.73 Å². The molecule has 0 amide bonds. The maximum absolute atomic E-state index is 5.29. The third-order valence-electron chi connectivity index (χ3n) is 2.94. The first-order valence-electron chi connectivity index (χ1n) is 6.98. The standard InChI is InChI=1S/C15H20N4OS/c1-3-12-5-7-13(8-6-12)17-15(21)18-14-9-16-19(10-14)11-20-4-2/h5-10H,3-4,11H2,1-2H3,(H2,17,18,21). The first-order valence-corrected chi connectivity index (χ1v) is 7.39. The predicted molar refractivity (Wildman–Crippen MR) is 89.5 cm³/mol. The summed E-state index contributed by atoms with van der Waals surface area (Å²) in [5, 5.41) is 11.0. The predicted octanol–water partition coefficient (Wildman–Crippen LogP) is 3.25. The average Bonchev–Trinajstić information content (AvgIpc) is 2.93. The van der Waals surface area contributed by atoms with Crippen molar-refractivity contribution in [1.82, 2.24) is 9.78 Å². The normalized spacial score (nSPS) is 10.4. The number of nitrogens with zero attached hydrogens (tertiary/aromatic N) is 2. The summed E-state index contributed by atoms with van der Waals surface area (Å²) < 4.78 is 6.99. The van der Waals surface area contributed by atoms with E-state index in [2.05, 4.69) is 34.8 Å². The van der Waals surface area contributed by atoms with E-state index in [-0.39, 0.29) is 0 Å². The van der Waals surface area contributed by atoms with Gasteiger partial charge in [0.2, 0.25) is 0 Å². The van der Waals surface area contributed by atoms with E-state index in [0.29, 0.717) is 18.5 Å². The van der Waals surface area contributed by atoms with Crippen molar-refractivity contribution in [2.24, 2.45) is 0 Å². The van der Waals surface area contributed by atoms with Crippen molar-refractivity contribution >= 4 is 28.7 Å². The van der Waals surface area contributed by atoms with Gasteiger partial charge in [-0.05, 0) is 43.3 Å². The van der Waals surface area contributed by atoms with Crippen LogP contribution >= 0.6 is 12.2 Å². The molecular weight excluding hydrogens is 284 g/mol. The second-order valence-corrected chi connectivity index (χ2v) is 4.93. The quantitative estimate of drug-likeness (QED) is 0.802. The van der Waals surface area contributed by atoms with Gasteiger partial charge in [-0.2, -0.15) is 5.10 Å². The number of nitrogens with one attached hydrogen (secondary N) is 2. The Morgan fingerprint density at radius 3 is 2.57 bits per heavy atom. The third kappa shape index (κ3) is 4.84. The molecule has 2 N–H and O–H groups in total. The van der Waals surface area contributed by atoms with Gasteiger partial charge < -0.3 is 15.4 Å². The Bertz CT molecular complexity index is 580. The third-order valence-corrected chi connectivity index (χ3v) is 3.14. The Labute approximate surface area is 130 Å². The fraction of sp³-hybridized carbons (Fsp3) is 0.333. The molecule has 2 rings (SSSR count). The van der Waals surface area contributed by atoms with Gasteiger partial charge in [0.25, 0.3) is 0 Å². The number of ether oxygens (including phenoxy) is 1. The molecule has 0 radical (unpaired) electrons. The van der Waals surface area contributed by atoms with Gasteiger partial charge in [-0.15, -0.1) is 0 Å².